The number of aromatic nitrogens is 4. The molecule has 37 heavy (non-hydrogen) atoms. The van der Waals surface area contributed by atoms with Gasteiger partial charge in [0, 0.05) is 73.6 Å². The van der Waals surface area contributed by atoms with E-state index in [-0.39, 0.29) is 23.4 Å². The number of rotatable bonds is 8. The van der Waals surface area contributed by atoms with E-state index >= 15 is 0 Å². The van der Waals surface area contributed by atoms with Crippen LogP contribution >= 0.6 is 0 Å². The molecule has 0 amide bonds. The predicted molar refractivity (Wildman–Crippen MR) is 141 cm³/mol. The summed E-state index contributed by atoms with van der Waals surface area (Å²) < 4.78 is 28.8. The van der Waals surface area contributed by atoms with Crippen molar-refractivity contribution in [2.45, 2.75) is 62.4 Å². The number of H-pyrrole nitrogens is 1. The van der Waals surface area contributed by atoms with E-state index in [1.807, 2.05) is 35.5 Å². The van der Waals surface area contributed by atoms with Crippen molar-refractivity contribution in [1.29, 1.82) is 5.26 Å². The lowest BCUT2D eigenvalue weighted by atomic mass is 9.99. The molecule has 3 aliphatic heterocycles. The van der Waals surface area contributed by atoms with Crippen molar-refractivity contribution in [3.63, 3.8) is 0 Å². The van der Waals surface area contributed by atoms with E-state index in [9.17, 15) is 8.42 Å². The third-order valence-corrected chi connectivity index (χ3v) is 10.1. The van der Waals surface area contributed by atoms with Crippen molar-refractivity contribution in [1.82, 2.24) is 29.4 Å². The Labute approximate surface area is 216 Å². The normalized spacial score (nSPS) is 24.6. The highest BCUT2D eigenvalue weighted by atomic mass is 32.2. The Morgan fingerprint density at radius 2 is 1.97 bits per heavy atom. The molecule has 0 spiro atoms. The Morgan fingerprint density at radius 3 is 2.68 bits per heavy atom. The first-order valence-corrected chi connectivity index (χ1v) is 14.3. The van der Waals surface area contributed by atoms with Gasteiger partial charge in [-0.05, 0) is 44.7 Å². The summed E-state index contributed by atoms with van der Waals surface area (Å²) >= 11 is 0. The van der Waals surface area contributed by atoms with Crippen LogP contribution in [-0.2, 0) is 10.0 Å². The highest BCUT2D eigenvalue weighted by Crippen LogP contribution is 2.41. The SMILES string of the molecule is Cc1cc(Nc2cc3ncccc3c(NC3C[C@H]4CC[C@@H](C3)N4S(=O)(=O)C3CN(CCC#N)C3)n2)n[nH]1. The van der Waals surface area contributed by atoms with Crippen molar-refractivity contribution in [2.24, 2.45) is 0 Å². The number of fused-ring (bicyclic) bond motifs is 3. The molecule has 0 aliphatic carbocycles. The maximum Gasteiger partial charge on any atom is 0.220 e. The van der Waals surface area contributed by atoms with Gasteiger partial charge in [-0.1, -0.05) is 0 Å². The molecule has 194 valence electrons. The quantitative estimate of drug-likeness (QED) is 0.408. The smallest absolute Gasteiger partial charge is 0.220 e. The highest BCUT2D eigenvalue weighted by molar-refractivity contribution is 7.89. The Bertz CT molecular complexity index is 1430. The van der Waals surface area contributed by atoms with Crippen LogP contribution in [-0.4, -0.2) is 80.8 Å². The van der Waals surface area contributed by atoms with Crippen molar-refractivity contribution >= 4 is 38.4 Å². The van der Waals surface area contributed by atoms with Crippen LogP contribution in [0.25, 0.3) is 10.9 Å². The minimum Gasteiger partial charge on any atom is -0.367 e. The average molecular weight is 522 g/mol. The molecule has 3 aromatic rings. The summed E-state index contributed by atoms with van der Waals surface area (Å²) in [6.45, 7) is 3.64. The Hall–Kier alpha value is -3.27. The van der Waals surface area contributed by atoms with Gasteiger partial charge in [-0.3, -0.25) is 15.0 Å². The van der Waals surface area contributed by atoms with Gasteiger partial charge < -0.3 is 10.6 Å². The van der Waals surface area contributed by atoms with Crippen LogP contribution in [0.3, 0.4) is 0 Å². The molecule has 6 rings (SSSR count). The van der Waals surface area contributed by atoms with E-state index in [1.165, 1.54) is 0 Å². The second kappa shape index (κ2) is 9.55. The van der Waals surface area contributed by atoms with Gasteiger partial charge in [0.2, 0.25) is 10.0 Å². The molecule has 3 atom stereocenters. The van der Waals surface area contributed by atoms with E-state index in [0.717, 1.165) is 48.1 Å². The number of nitrogens with zero attached hydrogens (tertiary/aromatic N) is 6. The summed E-state index contributed by atoms with van der Waals surface area (Å²) in [7, 11) is -3.35. The fourth-order valence-electron chi connectivity index (χ4n) is 6.00. The summed E-state index contributed by atoms with van der Waals surface area (Å²) in [5.74, 6) is 2.08. The number of likely N-dealkylation sites (tertiary alicyclic amines) is 1. The largest absolute Gasteiger partial charge is 0.367 e. The van der Waals surface area contributed by atoms with E-state index in [2.05, 4.69) is 36.8 Å². The molecule has 3 aliphatic rings. The first kappa shape index (κ1) is 24.1. The maximum absolute atomic E-state index is 13.5. The number of aromatic amines is 1. The number of piperidine rings is 1. The third kappa shape index (κ3) is 4.63. The van der Waals surface area contributed by atoms with Crippen molar-refractivity contribution in [2.75, 3.05) is 30.3 Å². The molecular weight excluding hydrogens is 490 g/mol. The lowest BCUT2D eigenvalue weighted by Crippen LogP contribution is -2.61. The van der Waals surface area contributed by atoms with Crippen LogP contribution in [0.4, 0.5) is 17.5 Å². The van der Waals surface area contributed by atoms with E-state index in [4.69, 9.17) is 10.2 Å². The van der Waals surface area contributed by atoms with Crippen molar-refractivity contribution in [3.05, 3.63) is 36.2 Å². The number of hydrogen-bond acceptors (Lipinski definition) is 9. The number of sulfonamides is 1. The van der Waals surface area contributed by atoms with Crippen LogP contribution in [0.2, 0.25) is 0 Å². The monoisotopic (exact) mass is 521 g/mol. The fourth-order valence-corrected chi connectivity index (χ4v) is 8.35. The van der Waals surface area contributed by atoms with Crippen LogP contribution in [0.1, 0.15) is 37.8 Å². The second-order valence-electron chi connectivity index (χ2n) is 10.3. The first-order valence-electron chi connectivity index (χ1n) is 12.8. The highest BCUT2D eigenvalue weighted by Gasteiger charge is 2.51. The van der Waals surface area contributed by atoms with Gasteiger partial charge >= 0.3 is 0 Å². The van der Waals surface area contributed by atoms with Gasteiger partial charge in [0.1, 0.15) is 16.9 Å². The van der Waals surface area contributed by atoms with Gasteiger partial charge in [-0.25, -0.2) is 13.4 Å². The number of nitriles is 1. The summed E-state index contributed by atoms with van der Waals surface area (Å²) in [5, 5.41) is 23.4. The van der Waals surface area contributed by atoms with E-state index in [1.54, 1.807) is 6.20 Å². The first-order chi connectivity index (χ1) is 17.9. The van der Waals surface area contributed by atoms with Crippen LogP contribution in [0.5, 0.6) is 0 Å². The molecule has 6 heterocycles. The zero-order chi connectivity index (χ0) is 25.6. The summed E-state index contributed by atoms with van der Waals surface area (Å²) in [6.07, 6.45) is 5.48. The molecule has 3 aromatic heterocycles. The minimum atomic E-state index is -3.35. The van der Waals surface area contributed by atoms with Crippen LogP contribution in [0, 0.1) is 18.3 Å². The Morgan fingerprint density at radius 1 is 1.19 bits per heavy atom. The fraction of sp³-hybridized carbons (Fsp3) is 0.520. The molecule has 3 N–H and O–H groups in total. The van der Waals surface area contributed by atoms with Crippen molar-refractivity contribution < 1.29 is 8.42 Å². The molecule has 2 bridgehead atoms. The minimum absolute atomic E-state index is 0.00661. The van der Waals surface area contributed by atoms with Gasteiger partial charge in [0.25, 0.3) is 0 Å². The zero-order valence-corrected chi connectivity index (χ0v) is 21.6. The standard InChI is InChI=1S/C25H31N9O2S/c1-16-10-24(32-31-16)29-23-13-22-21(4-2-8-27-22)25(30-23)28-17-11-18-5-6-19(12-17)34(18)37(35,36)20-14-33(15-20)9-3-7-26/h2,4,8,10,13,17-20H,3,5-6,9,11-12,14-15H2,1H3,(H3,28,29,30,31,32)/t17?,18-,19+. The maximum atomic E-state index is 13.5. The summed E-state index contributed by atoms with van der Waals surface area (Å²) in [4.78, 5) is 11.4. The lowest BCUT2D eigenvalue weighted by molar-refractivity contribution is 0.172. The molecule has 3 saturated heterocycles. The molecule has 11 nitrogen and oxygen atoms in total. The number of anilines is 3. The zero-order valence-electron chi connectivity index (χ0n) is 20.8. The Kier molecular flexibility index (Phi) is 6.22. The van der Waals surface area contributed by atoms with Gasteiger partial charge in [0.05, 0.1) is 11.6 Å². The summed E-state index contributed by atoms with van der Waals surface area (Å²) in [5.41, 5.74) is 1.78. The van der Waals surface area contributed by atoms with Crippen LogP contribution in [0.15, 0.2) is 30.5 Å². The number of aryl methyl sites for hydroxylation is 1. The van der Waals surface area contributed by atoms with Crippen LogP contribution < -0.4 is 10.6 Å². The topological polar surface area (TPSA) is 143 Å². The van der Waals surface area contributed by atoms with Crippen molar-refractivity contribution in [3.8, 4) is 6.07 Å². The van der Waals surface area contributed by atoms with Gasteiger partial charge in [0.15, 0.2) is 5.82 Å². The van der Waals surface area contributed by atoms with E-state index < -0.39 is 10.0 Å². The van der Waals surface area contributed by atoms with Gasteiger partial charge in [-0.15, -0.1) is 0 Å². The predicted octanol–water partition coefficient (Wildman–Crippen LogP) is 2.74. The second-order valence-corrected chi connectivity index (χ2v) is 12.5. The summed E-state index contributed by atoms with van der Waals surface area (Å²) in [6, 6.07) is 9.99. The molecule has 3 fully saturated rings. The van der Waals surface area contributed by atoms with Gasteiger partial charge in [-0.2, -0.15) is 14.7 Å². The Balaban J connectivity index is 1.18. The third-order valence-electron chi connectivity index (χ3n) is 7.75. The number of nitrogens with one attached hydrogen (secondary N) is 3. The lowest BCUT2D eigenvalue weighted by Gasteiger charge is -2.45. The molecule has 0 radical (unpaired) electrons. The molecule has 0 aromatic carbocycles. The average Bonchev–Trinajstić information content (AvgIpc) is 3.38. The number of pyridine rings is 2. The molecule has 0 saturated carbocycles. The number of hydrogen-bond donors (Lipinski definition) is 3. The molecular formula is C25H31N9O2S. The van der Waals surface area contributed by atoms with E-state index in [0.29, 0.717) is 37.7 Å². The molecule has 12 heteroatoms. The molecule has 1 unspecified atom stereocenters.